The highest BCUT2D eigenvalue weighted by Gasteiger charge is 2.31. The third-order valence-corrected chi connectivity index (χ3v) is 3.79. The van der Waals surface area contributed by atoms with E-state index in [9.17, 15) is 14.7 Å². The molecule has 1 aliphatic heterocycles. The molecule has 0 spiro atoms. The maximum atomic E-state index is 12.0. The average Bonchev–Trinajstić information content (AvgIpc) is 2.83. The highest BCUT2D eigenvalue weighted by atomic mass is 79.9. The standard InChI is InChI=1S/C14H16BrNO4/c1-8-2-7-11(20-8)13(17)16-12(14(18)19)9-3-5-10(15)6-4-9/h3-6,8,11-12H,2,7H2,1H3,(H,16,17)(H,18,19). The summed E-state index contributed by atoms with van der Waals surface area (Å²) >= 11 is 3.29. The molecule has 1 heterocycles. The molecular weight excluding hydrogens is 326 g/mol. The smallest absolute Gasteiger partial charge is 0.330 e. The van der Waals surface area contributed by atoms with Crippen molar-refractivity contribution in [3.05, 3.63) is 34.3 Å². The quantitative estimate of drug-likeness (QED) is 0.880. The van der Waals surface area contributed by atoms with Gasteiger partial charge in [-0.05, 0) is 37.5 Å². The molecule has 5 nitrogen and oxygen atoms in total. The van der Waals surface area contributed by atoms with Crippen LogP contribution in [0.3, 0.4) is 0 Å². The number of carboxylic acids is 1. The topological polar surface area (TPSA) is 75.6 Å². The second-order valence-corrected chi connectivity index (χ2v) is 5.76. The molecule has 0 bridgehead atoms. The third-order valence-electron chi connectivity index (χ3n) is 3.26. The van der Waals surface area contributed by atoms with Crippen molar-refractivity contribution < 1.29 is 19.4 Å². The second kappa shape index (κ2) is 6.37. The Balaban J connectivity index is 2.08. The molecule has 1 aromatic rings. The molecule has 1 saturated heterocycles. The van der Waals surface area contributed by atoms with E-state index < -0.39 is 18.1 Å². The summed E-state index contributed by atoms with van der Waals surface area (Å²) in [5.41, 5.74) is 0.528. The van der Waals surface area contributed by atoms with E-state index in [-0.39, 0.29) is 12.0 Å². The van der Waals surface area contributed by atoms with E-state index in [0.29, 0.717) is 12.0 Å². The molecule has 2 rings (SSSR count). The van der Waals surface area contributed by atoms with Crippen molar-refractivity contribution in [1.29, 1.82) is 0 Å². The monoisotopic (exact) mass is 341 g/mol. The normalized spacial score (nSPS) is 23.3. The minimum Gasteiger partial charge on any atom is -0.479 e. The summed E-state index contributed by atoms with van der Waals surface area (Å²) in [6.45, 7) is 1.90. The Bertz CT molecular complexity index is 502. The zero-order chi connectivity index (χ0) is 14.7. The van der Waals surface area contributed by atoms with Crippen LogP contribution < -0.4 is 5.32 Å². The number of carboxylic acid groups (broad SMARTS) is 1. The van der Waals surface area contributed by atoms with Crippen molar-refractivity contribution >= 4 is 27.8 Å². The predicted molar refractivity (Wildman–Crippen MR) is 76.2 cm³/mol. The van der Waals surface area contributed by atoms with Crippen LogP contribution in [0.25, 0.3) is 0 Å². The van der Waals surface area contributed by atoms with Crippen molar-refractivity contribution in [3.63, 3.8) is 0 Å². The number of aliphatic carboxylic acids is 1. The van der Waals surface area contributed by atoms with Gasteiger partial charge in [0.1, 0.15) is 6.10 Å². The molecule has 1 fully saturated rings. The molecule has 0 aliphatic carbocycles. The second-order valence-electron chi connectivity index (χ2n) is 4.84. The Morgan fingerprint density at radius 3 is 2.50 bits per heavy atom. The van der Waals surface area contributed by atoms with Gasteiger partial charge in [-0.2, -0.15) is 0 Å². The summed E-state index contributed by atoms with van der Waals surface area (Å²) in [5.74, 6) is -1.46. The van der Waals surface area contributed by atoms with Gasteiger partial charge in [0.15, 0.2) is 6.04 Å². The van der Waals surface area contributed by atoms with Gasteiger partial charge < -0.3 is 15.2 Å². The molecule has 3 atom stereocenters. The molecule has 108 valence electrons. The van der Waals surface area contributed by atoms with E-state index in [1.165, 1.54) is 0 Å². The molecular formula is C14H16BrNO4. The van der Waals surface area contributed by atoms with E-state index in [0.717, 1.165) is 10.9 Å². The first kappa shape index (κ1) is 15.0. The van der Waals surface area contributed by atoms with Crippen LogP contribution in [0.1, 0.15) is 31.4 Å². The van der Waals surface area contributed by atoms with Crippen LogP contribution in [0, 0.1) is 0 Å². The fraction of sp³-hybridized carbons (Fsp3) is 0.429. The van der Waals surface area contributed by atoms with E-state index >= 15 is 0 Å². The van der Waals surface area contributed by atoms with Crippen LogP contribution in [0.5, 0.6) is 0 Å². The van der Waals surface area contributed by atoms with Crippen LogP contribution >= 0.6 is 15.9 Å². The number of nitrogens with one attached hydrogen (secondary N) is 1. The predicted octanol–water partition coefficient (Wildman–Crippen LogP) is 2.26. The van der Waals surface area contributed by atoms with Crippen LogP contribution in [0.4, 0.5) is 0 Å². The van der Waals surface area contributed by atoms with Crippen LogP contribution in [0.15, 0.2) is 28.7 Å². The Morgan fingerprint density at radius 1 is 1.35 bits per heavy atom. The molecule has 0 radical (unpaired) electrons. The minimum absolute atomic E-state index is 0.0432. The third kappa shape index (κ3) is 3.58. The lowest BCUT2D eigenvalue weighted by Gasteiger charge is -2.18. The maximum Gasteiger partial charge on any atom is 0.330 e. The molecule has 6 heteroatoms. The first-order valence-corrected chi connectivity index (χ1v) is 7.21. The van der Waals surface area contributed by atoms with Gasteiger partial charge in [-0.25, -0.2) is 4.79 Å². The van der Waals surface area contributed by atoms with Gasteiger partial charge in [-0.1, -0.05) is 28.1 Å². The van der Waals surface area contributed by atoms with Gasteiger partial charge in [-0.3, -0.25) is 4.79 Å². The summed E-state index contributed by atoms with van der Waals surface area (Å²) in [7, 11) is 0. The number of hydrogen-bond acceptors (Lipinski definition) is 3. The van der Waals surface area contributed by atoms with Gasteiger partial charge in [0.2, 0.25) is 5.91 Å². The Morgan fingerprint density at radius 2 is 2.00 bits per heavy atom. The number of carbonyl (C=O) groups is 2. The van der Waals surface area contributed by atoms with Gasteiger partial charge >= 0.3 is 5.97 Å². The van der Waals surface area contributed by atoms with Crippen molar-refractivity contribution in [3.8, 4) is 0 Å². The highest BCUT2D eigenvalue weighted by molar-refractivity contribution is 9.10. The van der Waals surface area contributed by atoms with E-state index in [1.807, 2.05) is 6.92 Å². The van der Waals surface area contributed by atoms with Crippen molar-refractivity contribution in [1.82, 2.24) is 5.32 Å². The highest BCUT2D eigenvalue weighted by Crippen LogP contribution is 2.21. The van der Waals surface area contributed by atoms with Crippen molar-refractivity contribution in [2.45, 2.75) is 38.0 Å². The Kier molecular flexibility index (Phi) is 4.77. The zero-order valence-electron chi connectivity index (χ0n) is 11.0. The summed E-state index contributed by atoms with van der Waals surface area (Å²) in [4.78, 5) is 23.4. The first-order chi connectivity index (χ1) is 9.47. The fourth-order valence-electron chi connectivity index (χ4n) is 2.17. The molecule has 2 N–H and O–H groups in total. The summed E-state index contributed by atoms with van der Waals surface area (Å²) in [6.07, 6.45) is 0.928. The fourth-order valence-corrected chi connectivity index (χ4v) is 2.44. The largest absolute Gasteiger partial charge is 0.479 e. The summed E-state index contributed by atoms with van der Waals surface area (Å²) in [6, 6.07) is 5.76. The Hall–Kier alpha value is -1.40. The lowest BCUT2D eigenvalue weighted by Crippen LogP contribution is -2.40. The number of carbonyl (C=O) groups excluding carboxylic acids is 1. The van der Waals surface area contributed by atoms with E-state index in [4.69, 9.17) is 4.74 Å². The minimum atomic E-state index is -1.09. The summed E-state index contributed by atoms with van der Waals surface area (Å²) in [5, 5.41) is 11.8. The van der Waals surface area contributed by atoms with Gasteiger partial charge in [0.25, 0.3) is 0 Å². The average molecular weight is 342 g/mol. The molecule has 3 unspecified atom stereocenters. The maximum absolute atomic E-state index is 12.0. The van der Waals surface area contributed by atoms with Crippen molar-refractivity contribution in [2.75, 3.05) is 0 Å². The molecule has 20 heavy (non-hydrogen) atoms. The van der Waals surface area contributed by atoms with Gasteiger partial charge in [-0.15, -0.1) is 0 Å². The lowest BCUT2D eigenvalue weighted by atomic mass is 10.1. The summed E-state index contributed by atoms with van der Waals surface area (Å²) < 4.78 is 6.30. The number of benzene rings is 1. The van der Waals surface area contributed by atoms with Crippen LogP contribution in [-0.4, -0.2) is 29.2 Å². The first-order valence-electron chi connectivity index (χ1n) is 6.41. The van der Waals surface area contributed by atoms with E-state index in [1.54, 1.807) is 24.3 Å². The number of ether oxygens (including phenoxy) is 1. The lowest BCUT2D eigenvalue weighted by molar-refractivity contribution is -0.144. The molecule has 1 amide bonds. The Labute approximate surface area is 125 Å². The van der Waals surface area contributed by atoms with Gasteiger partial charge in [0.05, 0.1) is 6.10 Å². The van der Waals surface area contributed by atoms with E-state index in [2.05, 4.69) is 21.2 Å². The SMILES string of the molecule is CC1CCC(C(=O)NC(C(=O)O)c2ccc(Br)cc2)O1. The number of halogens is 1. The molecule has 1 aliphatic rings. The molecule has 1 aromatic carbocycles. The molecule has 0 saturated carbocycles. The molecule has 0 aromatic heterocycles. The van der Waals surface area contributed by atoms with Crippen LogP contribution in [-0.2, 0) is 14.3 Å². The number of rotatable bonds is 4. The number of hydrogen-bond donors (Lipinski definition) is 2. The number of amides is 1. The zero-order valence-corrected chi connectivity index (χ0v) is 12.6. The van der Waals surface area contributed by atoms with Crippen LogP contribution in [0.2, 0.25) is 0 Å². The van der Waals surface area contributed by atoms with Crippen molar-refractivity contribution in [2.24, 2.45) is 0 Å². The van der Waals surface area contributed by atoms with Gasteiger partial charge in [0, 0.05) is 4.47 Å².